The monoisotopic (exact) mass is 850 g/mol. The molecule has 0 aliphatic heterocycles. The van der Waals surface area contributed by atoms with Crippen LogP contribution in [0.25, 0.3) is 32.8 Å². The van der Waals surface area contributed by atoms with E-state index in [-0.39, 0.29) is 34.8 Å². The number of pyridine rings is 1. The van der Waals surface area contributed by atoms with Gasteiger partial charge >= 0.3 is 5.97 Å². The van der Waals surface area contributed by atoms with Gasteiger partial charge in [-0.1, -0.05) is 42.5 Å². The summed E-state index contributed by atoms with van der Waals surface area (Å²) >= 11 is 0. The molecule has 9 aromatic rings. The first-order valence-corrected chi connectivity index (χ1v) is 20.6. The molecule has 14 heteroatoms. The van der Waals surface area contributed by atoms with E-state index in [2.05, 4.69) is 67.1 Å². The van der Waals surface area contributed by atoms with E-state index in [1.54, 1.807) is 48.8 Å². The first-order valence-electron chi connectivity index (χ1n) is 20.6. The Morgan fingerprint density at radius 1 is 0.688 bits per heavy atom. The van der Waals surface area contributed by atoms with Crippen LogP contribution in [0.2, 0.25) is 0 Å². The normalized spacial score (nSPS) is 11.4. The van der Waals surface area contributed by atoms with Crippen molar-refractivity contribution in [3.63, 3.8) is 0 Å². The number of ether oxygens (including phenoxy) is 1. The molecule has 0 unspecified atom stereocenters. The molecule has 0 saturated carbocycles. The van der Waals surface area contributed by atoms with Crippen LogP contribution in [0.3, 0.4) is 0 Å². The van der Waals surface area contributed by atoms with Crippen molar-refractivity contribution in [3.05, 3.63) is 195 Å². The Morgan fingerprint density at radius 3 is 2.06 bits per heavy atom. The molecule has 2 N–H and O–H groups in total. The van der Waals surface area contributed by atoms with Gasteiger partial charge in [-0.25, -0.2) is 4.79 Å². The van der Waals surface area contributed by atoms with Gasteiger partial charge in [-0.2, -0.15) is 10.2 Å². The lowest BCUT2D eigenvalue weighted by Gasteiger charge is -2.23. The van der Waals surface area contributed by atoms with Gasteiger partial charge in [0, 0.05) is 74.2 Å². The molecule has 318 valence electrons. The number of fused-ring (bicyclic) bond motifs is 3. The number of hydrogen-bond donors (Lipinski definition) is 2. The first-order chi connectivity index (χ1) is 31.1. The number of nitrogens with one attached hydrogen (secondary N) is 2. The summed E-state index contributed by atoms with van der Waals surface area (Å²) in [4.78, 5) is 59.9. The lowest BCUT2D eigenvalue weighted by atomic mass is 10.1. The summed E-state index contributed by atoms with van der Waals surface area (Å²) in [6.07, 6.45) is 7.73. The van der Waals surface area contributed by atoms with Crippen LogP contribution < -0.4 is 16.1 Å². The van der Waals surface area contributed by atoms with Crippen molar-refractivity contribution in [2.45, 2.75) is 26.1 Å². The molecule has 0 aliphatic rings. The minimum Gasteiger partial charge on any atom is -0.457 e. The molecule has 0 atom stereocenters. The van der Waals surface area contributed by atoms with E-state index in [1.807, 2.05) is 60.1 Å². The molecule has 2 amide bonds. The second-order valence-corrected chi connectivity index (χ2v) is 15.6. The maximum Gasteiger partial charge on any atom is 0.338 e. The van der Waals surface area contributed by atoms with Gasteiger partial charge in [0.25, 0.3) is 11.8 Å². The molecule has 4 aromatic heterocycles. The molecule has 0 bridgehead atoms. The largest absolute Gasteiger partial charge is 0.457 e. The Bertz CT molecular complexity index is 3170. The summed E-state index contributed by atoms with van der Waals surface area (Å²) in [5.41, 5.74) is 6.81. The summed E-state index contributed by atoms with van der Waals surface area (Å²) in [5.74, 6) is -2.27. The van der Waals surface area contributed by atoms with Gasteiger partial charge in [0.2, 0.25) is 0 Å². The van der Waals surface area contributed by atoms with Crippen molar-refractivity contribution in [1.82, 2.24) is 29.4 Å². The molecule has 0 saturated heterocycles. The van der Waals surface area contributed by atoms with E-state index in [0.29, 0.717) is 16.6 Å². The van der Waals surface area contributed by atoms with Gasteiger partial charge in [0.05, 0.1) is 45.6 Å². The minimum atomic E-state index is -0.786. The fourth-order valence-electron chi connectivity index (χ4n) is 7.68. The van der Waals surface area contributed by atoms with Crippen molar-refractivity contribution in [1.29, 1.82) is 0 Å². The van der Waals surface area contributed by atoms with Crippen LogP contribution in [0.4, 0.5) is 11.4 Å². The molecule has 0 spiro atoms. The number of hydrogen-bond acceptors (Lipinski definition) is 10. The van der Waals surface area contributed by atoms with E-state index in [9.17, 15) is 19.2 Å². The van der Waals surface area contributed by atoms with Crippen LogP contribution in [0.15, 0.2) is 155 Å². The van der Waals surface area contributed by atoms with Gasteiger partial charge in [-0.3, -0.25) is 33.6 Å². The maximum atomic E-state index is 13.9. The van der Waals surface area contributed by atoms with Crippen LogP contribution >= 0.6 is 0 Å². The molecule has 4 heterocycles. The Labute approximate surface area is 366 Å². The van der Waals surface area contributed by atoms with Crippen LogP contribution in [-0.4, -0.2) is 53.8 Å². The number of carbonyl (C=O) groups excluding carboxylic acids is 3. The fraction of sp³-hybridized carbons (Fsp3) is 0.140. The van der Waals surface area contributed by atoms with E-state index in [1.165, 1.54) is 29.3 Å². The highest BCUT2D eigenvalue weighted by atomic mass is 16.5. The van der Waals surface area contributed by atoms with Gasteiger partial charge in [-0.15, -0.1) is 0 Å². The number of aromatic nitrogens is 5. The number of benzene rings is 5. The van der Waals surface area contributed by atoms with Crippen LogP contribution in [-0.2, 0) is 44.9 Å². The number of esters is 1. The third kappa shape index (κ3) is 9.17. The lowest BCUT2D eigenvalue weighted by Crippen LogP contribution is -2.25. The number of anilines is 2. The lowest BCUT2D eigenvalue weighted by molar-refractivity contribution is 0.0472. The maximum absolute atomic E-state index is 13.9. The second kappa shape index (κ2) is 18.0. The number of nitrogens with zero attached hydrogens (tertiary/aromatic N) is 6. The van der Waals surface area contributed by atoms with Gasteiger partial charge in [-0.05, 0) is 95.9 Å². The van der Waals surface area contributed by atoms with Crippen LogP contribution in [0.5, 0.6) is 0 Å². The van der Waals surface area contributed by atoms with Crippen molar-refractivity contribution >= 4 is 61.9 Å². The number of para-hydroxylation sites is 1. The third-order valence-corrected chi connectivity index (χ3v) is 11.1. The molecule has 14 nitrogen and oxygen atoms in total. The summed E-state index contributed by atoms with van der Waals surface area (Å²) in [6.45, 7) is 2.20. The zero-order valence-corrected chi connectivity index (χ0v) is 35.0. The molecule has 0 fully saturated rings. The van der Waals surface area contributed by atoms with Crippen molar-refractivity contribution in [2.75, 3.05) is 17.2 Å². The van der Waals surface area contributed by atoms with Crippen LogP contribution in [0.1, 0.15) is 53.5 Å². The predicted molar refractivity (Wildman–Crippen MR) is 244 cm³/mol. The smallest absolute Gasteiger partial charge is 0.338 e. The highest BCUT2D eigenvalue weighted by molar-refractivity contribution is 6.13. The van der Waals surface area contributed by atoms with E-state index < -0.39 is 23.2 Å². The van der Waals surface area contributed by atoms with Gasteiger partial charge < -0.3 is 19.8 Å². The molecule has 9 rings (SSSR count). The zero-order valence-electron chi connectivity index (χ0n) is 35.0. The molecule has 5 aromatic carbocycles. The first kappa shape index (κ1) is 41.1. The standard InChI is InChI=1S/C50H42N8O6/c1-56-43-17-11-33(22-37(43)27-52-56)29-58(30-34-12-18-44-38(23-34)28-53-57(44)2)21-19-32-9-14-39(15-10-32)54-48(60)40-16-13-36(50(62)63-31-35-6-5-20-51-26-35)24-42(40)55-49(61)47-25-45(59)41-7-3-4-8-46(41)64-47/h3-18,20,22-28H,19,21,29-31H2,1-2H3,(H,54,60)(H,55,61). The number of rotatable bonds is 14. The highest BCUT2D eigenvalue weighted by Crippen LogP contribution is 2.24. The Hall–Kier alpha value is -8.23. The van der Waals surface area contributed by atoms with E-state index in [4.69, 9.17) is 9.15 Å². The number of aryl methyl sites for hydroxylation is 2. The third-order valence-electron chi connectivity index (χ3n) is 11.1. The average Bonchev–Trinajstić information content (AvgIpc) is 3.88. The fourth-order valence-corrected chi connectivity index (χ4v) is 7.68. The summed E-state index contributed by atoms with van der Waals surface area (Å²) in [5, 5.41) is 16.9. The second-order valence-electron chi connectivity index (χ2n) is 15.6. The molecule has 64 heavy (non-hydrogen) atoms. The summed E-state index contributed by atoms with van der Waals surface area (Å²) < 4.78 is 15.0. The van der Waals surface area contributed by atoms with E-state index >= 15 is 0 Å². The highest BCUT2D eigenvalue weighted by Gasteiger charge is 2.21. The number of amides is 2. The van der Waals surface area contributed by atoms with E-state index in [0.717, 1.165) is 59.5 Å². The Kier molecular flexibility index (Phi) is 11.6. The molecule has 0 radical (unpaired) electrons. The topological polar surface area (TPSA) is 166 Å². The molecular formula is C50H42N8O6. The summed E-state index contributed by atoms with van der Waals surface area (Å²) in [7, 11) is 3.88. The SMILES string of the molecule is Cn1ncc2cc(CN(CCc3ccc(NC(=O)c4ccc(C(=O)OCc5cccnc5)cc4NC(=O)c4cc(=O)c5ccccc5o4)cc3)Cc3ccc4c(cnn4C)c3)ccc21. The quantitative estimate of drug-likeness (QED) is 0.102. The summed E-state index contributed by atoms with van der Waals surface area (Å²) in [6, 6.07) is 35.9. The van der Waals surface area contributed by atoms with Crippen LogP contribution in [0, 0.1) is 0 Å². The Morgan fingerprint density at radius 2 is 1.38 bits per heavy atom. The van der Waals surface area contributed by atoms with Crippen molar-refractivity contribution in [3.8, 4) is 0 Å². The Balaban J connectivity index is 0.914. The molecular weight excluding hydrogens is 809 g/mol. The zero-order chi connectivity index (χ0) is 44.2. The molecule has 0 aliphatic carbocycles. The van der Waals surface area contributed by atoms with Gasteiger partial charge in [0.15, 0.2) is 11.2 Å². The number of carbonyl (C=O) groups is 3. The van der Waals surface area contributed by atoms with Crippen molar-refractivity contribution in [2.24, 2.45) is 14.1 Å². The predicted octanol–water partition coefficient (Wildman–Crippen LogP) is 8.07. The minimum absolute atomic E-state index is 0.0104. The van der Waals surface area contributed by atoms with Crippen molar-refractivity contribution < 1.29 is 23.5 Å². The average molecular weight is 851 g/mol. The van der Waals surface area contributed by atoms with Gasteiger partial charge in [0.1, 0.15) is 12.2 Å².